The van der Waals surface area contributed by atoms with Crippen molar-refractivity contribution in [3.8, 4) is 0 Å². The van der Waals surface area contributed by atoms with Crippen LogP contribution in [-0.2, 0) is 16.6 Å². The van der Waals surface area contributed by atoms with E-state index in [0.717, 1.165) is 11.1 Å². The van der Waals surface area contributed by atoms with Crippen LogP contribution < -0.4 is 0 Å². The molecule has 1 aromatic heterocycles. The number of hydrogen-bond donors (Lipinski definition) is 1. The number of sulfonamides is 1. The molecular weight excluding hydrogens is 366 g/mol. The third-order valence-electron chi connectivity index (χ3n) is 4.94. The molecule has 27 heavy (non-hydrogen) atoms. The smallest absolute Gasteiger partial charge is 0.337 e. The number of hydrogen-bond acceptors (Lipinski definition) is 5. The number of aromatic carboxylic acids is 1. The van der Waals surface area contributed by atoms with E-state index in [2.05, 4.69) is 4.98 Å². The van der Waals surface area contributed by atoms with Crippen LogP contribution in [-0.4, -0.2) is 59.9 Å². The maximum atomic E-state index is 12.9. The summed E-state index contributed by atoms with van der Waals surface area (Å²) in [7, 11) is -3.52. The van der Waals surface area contributed by atoms with Crippen LogP contribution in [0.3, 0.4) is 0 Å². The Morgan fingerprint density at radius 1 is 1.11 bits per heavy atom. The third-order valence-corrected chi connectivity index (χ3v) is 6.84. The third kappa shape index (κ3) is 4.18. The van der Waals surface area contributed by atoms with Gasteiger partial charge in [-0.15, -0.1) is 0 Å². The maximum Gasteiger partial charge on any atom is 0.337 e. The molecule has 0 spiro atoms. The van der Waals surface area contributed by atoms with Crippen molar-refractivity contribution in [1.29, 1.82) is 0 Å². The molecule has 2 aromatic rings. The molecule has 7 nitrogen and oxygen atoms in total. The molecular formula is C19H23N3O4S. The first kappa shape index (κ1) is 19.5. The van der Waals surface area contributed by atoms with Gasteiger partial charge in [0, 0.05) is 38.9 Å². The second kappa shape index (κ2) is 7.75. The number of piperazine rings is 1. The largest absolute Gasteiger partial charge is 0.478 e. The fourth-order valence-electron chi connectivity index (χ4n) is 3.12. The van der Waals surface area contributed by atoms with Crippen molar-refractivity contribution in [2.45, 2.75) is 25.3 Å². The van der Waals surface area contributed by atoms with Gasteiger partial charge < -0.3 is 5.11 Å². The summed E-state index contributed by atoms with van der Waals surface area (Å²) < 4.78 is 27.2. The Bertz CT molecular complexity index is 951. The van der Waals surface area contributed by atoms with E-state index in [4.69, 9.17) is 0 Å². The van der Waals surface area contributed by atoms with E-state index >= 15 is 0 Å². The van der Waals surface area contributed by atoms with E-state index in [1.54, 1.807) is 24.4 Å². The number of benzene rings is 1. The predicted molar refractivity (Wildman–Crippen MR) is 101 cm³/mol. The number of carbonyl (C=O) groups is 1. The van der Waals surface area contributed by atoms with Gasteiger partial charge in [-0.05, 0) is 49.2 Å². The first-order valence-electron chi connectivity index (χ1n) is 8.76. The Hall–Kier alpha value is -2.29. The Morgan fingerprint density at radius 3 is 2.44 bits per heavy atom. The molecule has 0 saturated carbocycles. The van der Waals surface area contributed by atoms with Gasteiger partial charge >= 0.3 is 5.97 Å². The molecule has 1 N–H and O–H groups in total. The van der Waals surface area contributed by atoms with Crippen LogP contribution in [0.15, 0.2) is 41.4 Å². The average molecular weight is 389 g/mol. The highest BCUT2D eigenvalue weighted by molar-refractivity contribution is 7.89. The summed E-state index contributed by atoms with van der Waals surface area (Å²) in [6.07, 6.45) is 1.57. The van der Waals surface area contributed by atoms with E-state index < -0.39 is 16.0 Å². The standard InChI is InChI=1S/C19H23N3O4S/c1-14-5-6-16(12-15(14)2)27(25,26)22-10-8-21(9-11-22)13-18-17(19(23)24)4-3-7-20-18/h3-7,12H,8-11,13H2,1-2H3,(H,23,24). The summed E-state index contributed by atoms with van der Waals surface area (Å²) in [5, 5.41) is 9.27. The van der Waals surface area contributed by atoms with Crippen molar-refractivity contribution in [1.82, 2.24) is 14.2 Å². The predicted octanol–water partition coefficient (Wildman–Crippen LogP) is 1.90. The van der Waals surface area contributed by atoms with Crippen LogP contribution >= 0.6 is 0 Å². The molecule has 0 bridgehead atoms. The molecule has 0 radical (unpaired) electrons. The van der Waals surface area contributed by atoms with Crippen LogP contribution in [0, 0.1) is 13.8 Å². The van der Waals surface area contributed by atoms with Crippen molar-refractivity contribution in [2.24, 2.45) is 0 Å². The minimum Gasteiger partial charge on any atom is -0.478 e. The van der Waals surface area contributed by atoms with Crippen molar-refractivity contribution < 1.29 is 18.3 Å². The zero-order valence-electron chi connectivity index (χ0n) is 15.4. The highest BCUT2D eigenvalue weighted by atomic mass is 32.2. The van der Waals surface area contributed by atoms with Crippen molar-refractivity contribution in [2.75, 3.05) is 26.2 Å². The molecule has 8 heteroatoms. The Kier molecular flexibility index (Phi) is 5.59. The van der Waals surface area contributed by atoms with E-state index in [-0.39, 0.29) is 5.56 Å². The monoisotopic (exact) mass is 389 g/mol. The van der Waals surface area contributed by atoms with Gasteiger partial charge in [-0.1, -0.05) is 6.07 Å². The van der Waals surface area contributed by atoms with Crippen LogP contribution in [0.2, 0.25) is 0 Å². The van der Waals surface area contributed by atoms with Crippen LogP contribution in [0.5, 0.6) is 0 Å². The molecule has 0 atom stereocenters. The average Bonchev–Trinajstić information content (AvgIpc) is 2.64. The number of carboxylic acid groups (broad SMARTS) is 1. The van der Waals surface area contributed by atoms with Crippen LogP contribution in [0.4, 0.5) is 0 Å². The molecule has 1 aliphatic heterocycles. The molecule has 1 aliphatic rings. The number of aryl methyl sites for hydroxylation is 2. The lowest BCUT2D eigenvalue weighted by molar-refractivity contribution is 0.0693. The lowest BCUT2D eigenvalue weighted by Gasteiger charge is -2.34. The van der Waals surface area contributed by atoms with Gasteiger partial charge in [0.1, 0.15) is 0 Å². The highest BCUT2D eigenvalue weighted by Crippen LogP contribution is 2.21. The van der Waals surface area contributed by atoms with Gasteiger partial charge in [0.15, 0.2) is 0 Å². The van der Waals surface area contributed by atoms with Crippen molar-refractivity contribution in [3.63, 3.8) is 0 Å². The first-order valence-corrected chi connectivity index (χ1v) is 10.2. The molecule has 144 valence electrons. The first-order chi connectivity index (χ1) is 12.8. The molecule has 3 rings (SSSR count). The fourth-order valence-corrected chi connectivity index (χ4v) is 4.63. The summed E-state index contributed by atoms with van der Waals surface area (Å²) in [6, 6.07) is 8.32. The van der Waals surface area contributed by atoms with Gasteiger partial charge in [-0.2, -0.15) is 4.31 Å². The molecule has 1 saturated heterocycles. The zero-order valence-corrected chi connectivity index (χ0v) is 16.2. The van der Waals surface area contributed by atoms with Crippen LogP contribution in [0.1, 0.15) is 27.2 Å². The van der Waals surface area contributed by atoms with Gasteiger partial charge in [-0.25, -0.2) is 13.2 Å². The van der Waals surface area contributed by atoms with Crippen molar-refractivity contribution in [3.05, 3.63) is 58.9 Å². The number of pyridine rings is 1. The summed E-state index contributed by atoms with van der Waals surface area (Å²) in [6.45, 7) is 6.03. The van der Waals surface area contributed by atoms with E-state index in [1.165, 1.54) is 10.4 Å². The molecule has 0 aliphatic carbocycles. The molecule has 1 fully saturated rings. The Labute approximate surface area is 159 Å². The summed E-state index contributed by atoms with van der Waals surface area (Å²) in [5.74, 6) is -1.01. The molecule has 1 aromatic carbocycles. The summed E-state index contributed by atoms with van der Waals surface area (Å²) in [5.41, 5.74) is 2.69. The zero-order chi connectivity index (χ0) is 19.6. The summed E-state index contributed by atoms with van der Waals surface area (Å²) >= 11 is 0. The van der Waals surface area contributed by atoms with E-state index in [9.17, 15) is 18.3 Å². The number of aromatic nitrogens is 1. The Morgan fingerprint density at radius 2 is 1.81 bits per heavy atom. The van der Waals surface area contributed by atoms with E-state index in [1.807, 2.05) is 24.8 Å². The molecule has 0 unspecified atom stereocenters. The highest BCUT2D eigenvalue weighted by Gasteiger charge is 2.29. The quantitative estimate of drug-likeness (QED) is 0.840. The van der Waals surface area contributed by atoms with Gasteiger partial charge in [0.05, 0.1) is 16.2 Å². The van der Waals surface area contributed by atoms with Gasteiger partial charge in [0.2, 0.25) is 10.0 Å². The maximum absolute atomic E-state index is 12.9. The lowest BCUT2D eigenvalue weighted by Crippen LogP contribution is -2.48. The summed E-state index contributed by atoms with van der Waals surface area (Å²) in [4.78, 5) is 17.8. The minimum atomic E-state index is -3.52. The number of rotatable bonds is 5. The normalized spacial score (nSPS) is 16.4. The molecule has 0 amide bonds. The minimum absolute atomic E-state index is 0.183. The number of carboxylic acids is 1. The SMILES string of the molecule is Cc1ccc(S(=O)(=O)N2CCN(Cc3ncccc3C(=O)O)CC2)cc1C. The fraction of sp³-hybridized carbons (Fsp3) is 0.368. The van der Waals surface area contributed by atoms with E-state index in [0.29, 0.717) is 43.3 Å². The second-order valence-corrected chi connectivity index (χ2v) is 8.67. The molecule has 2 heterocycles. The second-order valence-electron chi connectivity index (χ2n) is 6.73. The van der Waals surface area contributed by atoms with Gasteiger partial charge in [-0.3, -0.25) is 9.88 Å². The Balaban J connectivity index is 1.68. The van der Waals surface area contributed by atoms with Crippen LogP contribution in [0.25, 0.3) is 0 Å². The van der Waals surface area contributed by atoms with Crippen molar-refractivity contribution >= 4 is 16.0 Å². The van der Waals surface area contributed by atoms with Gasteiger partial charge in [0.25, 0.3) is 0 Å². The number of nitrogens with zero attached hydrogens (tertiary/aromatic N) is 3. The topological polar surface area (TPSA) is 90.8 Å². The lowest BCUT2D eigenvalue weighted by atomic mass is 10.1.